The van der Waals surface area contributed by atoms with Crippen molar-refractivity contribution < 1.29 is 0 Å². The van der Waals surface area contributed by atoms with Gasteiger partial charge in [0.1, 0.15) is 0 Å². The Kier molecular flexibility index (Phi) is 2.91. The number of allylic oxidation sites excluding steroid dienone is 7. The van der Waals surface area contributed by atoms with E-state index in [0.29, 0.717) is 0 Å². The third kappa shape index (κ3) is 1.53. The normalized spacial score (nSPS) is 30.2. The van der Waals surface area contributed by atoms with Crippen LogP contribution in [0.5, 0.6) is 0 Å². The van der Waals surface area contributed by atoms with E-state index in [9.17, 15) is 0 Å². The van der Waals surface area contributed by atoms with E-state index < -0.39 is 0 Å². The molecule has 0 nitrogen and oxygen atoms in total. The second kappa shape index (κ2) is 4.71. The molecule has 1 fully saturated rings. The van der Waals surface area contributed by atoms with Gasteiger partial charge in [-0.2, -0.15) is 0 Å². The Morgan fingerprint density at radius 3 is 2.64 bits per heavy atom. The zero-order valence-electron chi connectivity index (χ0n) is 13.6. The molecule has 3 atom stereocenters. The maximum atomic E-state index is 3.93. The molecule has 2 unspecified atom stereocenters. The quantitative estimate of drug-likeness (QED) is 0.649. The second-order valence-corrected chi connectivity index (χ2v) is 6.56. The monoisotopic (exact) mass is 286 g/mol. The summed E-state index contributed by atoms with van der Waals surface area (Å²) in [5.74, 6) is 2.21. The van der Waals surface area contributed by atoms with Gasteiger partial charge in [0.15, 0.2) is 0 Å². The molecule has 0 aliphatic heterocycles. The second-order valence-electron chi connectivity index (χ2n) is 6.56. The van der Waals surface area contributed by atoms with Crippen LogP contribution in [-0.2, 0) is 0 Å². The summed E-state index contributed by atoms with van der Waals surface area (Å²) < 4.78 is 0. The van der Waals surface area contributed by atoms with Crippen molar-refractivity contribution in [1.82, 2.24) is 0 Å². The van der Waals surface area contributed by atoms with Gasteiger partial charge in [-0.3, -0.25) is 0 Å². The highest BCUT2D eigenvalue weighted by Gasteiger charge is 2.56. The van der Waals surface area contributed by atoms with E-state index in [1.807, 2.05) is 6.08 Å². The van der Waals surface area contributed by atoms with Gasteiger partial charge in [0, 0.05) is 11.8 Å². The molecular formula is C22H22. The minimum absolute atomic E-state index is 0.735. The SMILES string of the molecule is C=Cc1ccc(C2=C3C=C4C3C(/C2=C\C)[C@H]4C)cc1/C=C\C. The Bertz CT molecular complexity index is 795. The van der Waals surface area contributed by atoms with Crippen molar-refractivity contribution in [2.45, 2.75) is 20.8 Å². The predicted octanol–water partition coefficient (Wildman–Crippen LogP) is 5.90. The maximum Gasteiger partial charge on any atom is 0.0135 e. The first-order valence-electron chi connectivity index (χ1n) is 8.23. The van der Waals surface area contributed by atoms with Crippen molar-refractivity contribution in [2.24, 2.45) is 17.8 Å². The molecule has 0 aromatic heterocycles. The first-order chi connectivity index (χ1) is 10.7. The molecule has 0 bridgehead atoms. The molecule has 1 aromatic carbocycles. The van der Waals surface area contributed by atoms with Crippen LogP contribution in [0.15, 0.2) is 59.7 Å². The highest BCUT2D eigenvalue weighted by molar-refractivity contribution is 5.93. The highest BCUT2D eigenvalue weighted by atomic mass is 14.6. The largest absolute Gasteiger partial charge is 0.0984 e. The third-order valence-electron chi connectivity index (χ3n) is 5.63. The van der Waals surface area contributed by atoms with Gasteiger partial charge in [0.2, 0.25) is 0 Å². The van der Waals surface area contributed by atoms with Gasteiger partial charge < -0.3 is 0 Å². The van der Waals surface area contributed by atoms with Crippen LogP contribution in [0.1, 0.15) is 37.5 Å². The van der Waals surface area contributed by atoms with Crippen LogP contribution < -0.4 is 0 Å². The molecule has 1 aromatic rings. The number of hydrogen-bond donors (Lipinski definition) is 0. The van der Waals surface area contributed by atoms with Crippen LogP contribution in [0.2, 0.25) is 0 Å². The van der Waals surface area contributed by atoms with Crippen LogP contribution in [0.3, 0.4) is 0 Å². The van der Waals surface area contributed by atoms with Crippen molar-refractivity contribution in [3.05, 3.63) is 76.4 Å². The summed E-state index contributed by atoms with van der Waals surface area (Å²) in [5.41, 5.74) is 10.1. The minimum atomic E-state index is 0.735. The topological polar surface area (TPSA) is 0 Å². The molecule has 4 rings (SSSR count). The lowest BCUT2D eigenvalue weighted by Crippen LogP contribution is -2.41. The molecule has 0 heterocycles. The summed E-state index contributed by atoms with van der Waals surface area (Å²) in [4.78, 5) is 0. The van der Waals surface area contributed by atoms with Crippen molar-refractivity contribution in [3.63, 3.8) is 0 Å². The van der Waals surface area contributed by atoms with Crippen LogP contribution in [0.25, 0.3) is 17.7 Å². The fraction of sp³-hybridized carbons (Fsp3) is 0.273. The molecule has 3 aliphatic rings. The molecule has 22 heavy (non-hydrogen) atoms. The van der Waals surface area contributed by atoms with Crippen molar-refractivity contribution in [3.8, 4) is 0 Å². The van der Waals surface area contributed by atoms with Gasteiger partial charge in [-0.1, -0.05) is 61.6 Å². The van der Waals surface area contributed by atoms with E-state index in [2.05, 4.69) is 69.9 Å². The van der Waals surface area contributed by atoms with Crippen LogP contribution in [-0.4, -0.2) is 0 Å². The standard InChI is InChI=1S/C22H22/c1-5-8-15-11-16(10-9-14(15)6-2)21-17(7-3)20-13(4)18-12-19(21)22(18)20/h5-13,20,22H,2H2,1,3-4H3/b8-5-,17-7+/t13-,20?,22?/m0/s1. The lowest BCUT2D eigenvalue weighted by molar-refractivity contribution is 0.261. The highest BCUT2D eigenvalue weighted by Crippen LogP contribution is 2.67. The van der Waals surface area contributed by atoms with Gasteiger partial charge in [0.05, 0.1) is 0 Å². The Labute approximate surface area is 133 Å². The van der Waals surface area contributed by atoms with Gasteiger partial charge in [-0.25, -0.2) is 0 Å². The minimum Gasteiger partial charge on any atom is -0.0984 e. The molecule has 3 aliphatic carbocycles. The molecule has 0 heteroatoms. The number of rotatable bonds is 3. The summed E-state index contributed by atoms with van der Waals surface area (Å²) >= 11 is 0. The Morgan fingerprint density at radius 2 is 1.95 bits per heavy atom. The fourth-order valence-corrected chi connectivity index (χ4v) is 4.56. The number of hydrogen-bond acceptors (Lipinski definition) is 0. The molecule has 0 N–H and O–H groups in total. The lowest BCUT2D eigenvalue weighted by atomic mass is 9.54. The van der Waals surface area contributed by atoms with Gasteiger partial charge in [-0.05, 0) is 59.2 Å². The number of benzene rings is 1. The van der Waals surface area contributed by atoms with Crippen molar-refractivity contribution in [1.29, 1.82) is 0 Å². The lowest BCUT2D eigenvalue weighted by Gasteiger charge is -2.49. The summed E-state index contributed by atoms with van der Waals surface area (Å²) in [5, 5.41) is 0. The Balaban J connectivity index is 1.85. The van der Waals surface area contributed by atoms with Gasteiger partial charge >= 0.3 is 0 Å². The first kappa shape index (κ1) is 13.6. The van der Waals surface area contributed by atoms with E-state index in [0.717, 1.165) is 17.8 Å². The molecule has 0 radical (unpaired) electrons. The van der Waals surface area contributed by atoms with Crippen molar-refractivity contribution >= 4 is 17.7 Å². The molecule has 0 amide bonds. The maximum absolute atomic E-state index is 3.93. The van der Waals surface area contributed by atoms with E-state index >= 15 is 0 Å². The Hall–Kier alpha value is -2.08. The average Bonchev–Trinajstić information content (AvgIpc) is 2.63. The van der Waals surface area contributed by atoms with Gasteiger partial charge in [-0.15, -0.1) is 0 Å². The molecule has 1 saturated carbocycles. The smallest absolute Gasteiger partial charge is 0.0135 e. The van der Waals surface area contributed by atoms with Crippen molar-refractivity contribution in [2.75, 3.05) is 0 Å². The molecule has 0 saturated heterocycles. The summed E-state index contributed by atoms with van der Waals surface area (Å²) in [6.45, 7) is 10.6. The fourth-order valence-electron chi connectivity index (χ4n) is 4.56. The summed E-state index contributed by atoms with van der Waals surface area (Å²) in [6.07, 6.45) is 11.0. The zero-order valence-corrected chi connectivity index (χ0v) is 13.6. The van der Waals surface area contributed by atoms with E-state index in [1.54, 1.807) is 16.7 Å². The molecule has 0 spiro atoms. The summed E-state index contributed by atoms with van der Waals surface area (Å²) in [6, 6.07) is 6.78. The average molecular weight is 286 g/mol. The van der Waals surface area contributed by atoms with Crippen LogP contribution >= 0.6 is 0 Å². The van der Waals surface area contributed by atoms with E-state index in [1.165, 1.54) is 22.3 Å². The molecule has 110 valence electrons. The van der Waals surface area contributed by atoms with Gasteiger partial charge in [0.25, 0.3) is 0 Å². The predicted molar refractivity (Wildman–Crippen MR) is 96.1 cm³/mol. The zero-order chi connectivity index (χ0) is 15.4. The first-order valence-corrected chi connectivity index (χ1v) is 8.23. The van der Waals surface area contributed by atoms with E-state index in [4.69, 9.17) is 0 Å². The third-order valence-corrected chi connectivity index (χ3v) is 5.63. The van der Waals surface area contributed by atoms with Crippen LogP contribution in [0, 0.1) is 17.8 Å². The summed E-state index contributed by atoms with van der Waals surface area (Å²) in [7, 11) is 0. The Morgan fingerprint density at radius 1 is 1.14 bits per heavy atom. The molecular weight excluding hydrogens is 264 g/mol. The van der Waals surface area contributed by atoms with Crippen LogP contribution in [0.4, 0.5) is 0 Å². The van der Waals surface area contributed by atoms with E-state index in [-0.39, 0.29) is 0 Å².